The molecule has 18 heavy (non-hydrogen) atoms. The van der Waals surface area contributed by atoms with Crippen molar-refractivity contribution in [2.45, 2.75) is 58.4 Å². The van der Waals surface area contributed by atoms with Gasteiger partial charge in [-0.05, 0) is 62.9 Å². The van der Waals surface area contributed by atoms with Crippen LogP contribution in [0.2, 0.25) is 0 Å². The maximum absolute atomic E-state index is 12.0. The van der Waals surface area contributed by atoms with Crippen LogP contribution < -0.4 is 10.6 Å². The van der Waals surface area contributed by atoms with Gasteiger partial charge in [0.25, 0.3) is 0 Å². The van der Waals surface area contributed by atoms with E-state index >= 15 is 0 Å². The van der Waals surface area contributed by atoms with Gasteiger partial charge >= 0.3 is 0 Å². The zero-order chi connectivity index (χ0) is 13.0. The third-order valence-corrected chi connectivity index (χ3v) is 4.71. The molecule has 1 aliphatic carbocycles. The lowest BCUT2D eigenvalue weighted by atomic mass is 9.85. The van der Waals surface area contributed by atoms with Gasteiger partial charge in [0, 0.05) is 12.5 Å². The van der Waals surface area contributed by atoms with E-state index in [1.54, 1.807) is 0 Å². The Morgan fingerprint density at radius 3 is 2.83 bits per heavy atom. The second kappa shape index (κ2) is 6.55. The summed E-state index contributed by atoms with van der Waals surface area (Å²) in [5.74, 6) is 2.26. The van der Waals surface area contributed by atoms with E-state index in [1.165, 1.54) is 32.1 Å². The second-order valence-electron chi connectivity index (χ2n) is 6.47. The highest BCUT2D eigenvalue weighted by atomic mass is 16.1. The Kier molecular flexibility index (Phi) is 5.04. The molecule has 1 amide bonds. The molecule has 0 spiro atoms. The molecule has 4 atom stereocenters. The number of rotatable bonds is 4. The number of nitrogens with one attached hydrogen (secondary N) is 2. The molecule has 2 aliphatic rings. The van der Waals surface area contributed by atoms with E-state index in [-0.39, 0.29) is 5.91 Å². The van der Waals surface area contributed by atoms with Crippen molar-refractivity contribution in [3.05, 3.63) is 0 Å². The Balaban J connectivity index is 1.69. The summed E-state index contributed by atoms with van der Waals surface area (Å²) >= 11 is 0. The lowest BCUT2D eigenvalue weighted by Crippen LogP contribution is -2.38. The van der Waals surface area contributed by atoms with Crippen LogP contribution in [0.15, 0.2) is 0 Å². The SMILES string of the molecule is CC1CCC(NC(=O)CC(C)C2CCCNC2)C1. The Hall–Kier alpha value is -0.570. The molecule has 0 aromatic heterocycles. The normalized spacial score (nSPS) is 34.2. The lowest BCUT2D eigenvalue weighted by Gasteiger charge is -2.28. The summed E-state index contributed by atoms with van der Waals surface area (Å²) in [6, 6.07) is 0.448. The highest BCUT2D eigenvalue weighted by Gasteiger charge is 2.25. The van der Waals surface area contributed by atoms with Gasteiger partial charge in [0.1, 0.15) is 0 Å². The summed E-state index contributed by atoms with van der Waals surface area (Å²) in [6.07, 6.45) is 6.86. The van der Waals surface area contributed by atoms with Crippen LogP contribution in [0, 0.1) is 17.8 Å². The maximum Gasteiger partial charge on any atom is 0.220 e. The maximum atomic E-state index is 12.0. The van der Waals surface area contributed by atoms with E-state index in [1.807, 2.05) is 0 Å². The number of hydrogen-bond acceptors (Lipinski definition) is 2. The van der Waals surface area contributed by atoms with Gasteiger partial charge in [0.15, 0.2) is 0 Å². The van der Waals surface area contributed by atoms with Crippen molar-refractivity contribution in [3.8, 4) is 0 Å². The predicted octanol–water partition coefficient (Wildman–Crippen LogP) is 2.32. The van der Waals surface area contributed by atoms with E-state index in [2.05, 4.69) is 24.5 Å². The monoisotopic (exact) mass is 252 g/mol. The van der Waals surface area contributed by atoms with Crippen molar-refractivity contribution >= 4 is 5.91 Å². The van der Waals surface area contributed by atoms with Crippen LogP contribution >= 0.6 is 0 Å². The van der Waals surface area contributed by atoms with Gasteiger partial charge in [-0.2, -0.15) is 0 Å². The minimum absolute atomic E-state index is 0.271. The number of carbonyl (C=O) groups excluding carboxylic acids is 1. The first-order chi connectivity index (χ1) is 8.65. The van der Waals surface area contributed by atoms with Gasteiger partial charge in [-0.1, -0.05) is 13.8 Å². The molecule has 104 valence electrons. The van der Waals surface area contributed by atoms with E-state index in [0.717, 1.165) is 19.0 Å². The molecule has 0 radical (unpaired) electrons. The first kappa shape index (κ1) is 13.9. The fraction of sp³-hybridized carbons (Fsp3) is 0.933. The highest BCUT2D eigenvalue weighted by Crippen LogP contribution is 2.26. The van der Waals surface area contributed by atoms with Gasteiger partial charge in [-0.25, -0.2) is 0 Å². The summed E-state index contributed by atoms with van der Waals surface area (Å²) in [5, 5.41) is 6.66. The van der Waals surface area contributed by atoms with Gasteiger partial charge < -0.3 is 10.6 Å². The Morgan fingerprint density at radius 1 is 1.39 bits per heavy atom. The second-order valence-corrected chi connectivity index (χ2v) is 6.47. The van der Waals surface area contributed by atoms with Gasteiger partial charge in [0.05, 0.1) is 0 Å². The minimum atomic E-state index is 0.271. The number of amides is 1. The number of piperidine rings is 1. The molecule has 2 rings (SSSR count). The van der Waals surface area contributed by atoms with Crippen molar-refractivity contribution in [1.29, 1.82) is 0 Å². The summed E-state index contributed by atoms with van der Waals surface area (Å²) in [4.78, 5) is 12.0. The molecule has 0 aromatic rings. The van der Waals surface area contributed by atoms with Crippen molar-refractivity contribution in [1.82, 2.24) is 10.6 Å². The first-order valence-corrected chi connectivity index (χ1v) is 7.65. The topological polar surface area (TPSA) is 41.1 Å². The standard InChI is InChI=1S/C15H28N2O/c1-11-5-6-14(8-11)17-15(18)9-12(2)13-4-3-7-16-10-13/h11-14,16H,3-10H2,1-2H3,(H,17,18). The van der Waals surface area contributed by atoms with Crippen LogP contribution in [-0.4, -0.2) is 25.0 Å². The minimum Gasteiger partial charge on any atom is -0.353 e. The van der Waals surface area contributed by atoms with E-state index < -0.39 is 0 Å². The Bertz CT molecular complexity index is 274. The Labute approximate surface area is 111 Å². The lowest BCUT2D eigenvalue weighted by molar-refractivity contribution is -0.123. The summed E-state index contributed by atoms with van der Waals surface area (Å²) in [6.45, 7) is 6.75. The smallest absolute Gasteiger partial charge is 0.220 e. The molecule has 0 aromatic carbocycles. The van der Waals surface area contributed by atoms with Gasteiger partial charge in [-0.15, -0.1) is 0 Å². The van der Waals surface area contributed by atoms with Crippen molar-refractivity contribution in [2.24, 2.45) is 17.8 Å². The summed E-state index contributed by atoms with van der Waals surface area (Å²) < 4.78 is 0. The number of carbonyl (C=O) groups is 1. The van der Waals surface area contributed by atoms with Crippen molar-refractivity contribution < 1.29 is 4.79 Å². The van der Waals surface area contributed by atoms with E-state index in [4.69, 9.17) is 0 Å². The van der Waals surface area contributed by atoms with Crippen LogP contribution in [0.5, 0.6) is 0 Å². The molecule has 0 bridgehead atoms. The molecule has 2 N–H and O–H groups in total. The molecule has 1 aliphatic heterocycles. The zero-order valence-electron chi connectivity index (χ0n) is 11.9. The fourth-order valence-corrected chi connectivity index (χ4v) is 3.45. The molecule has 3 heteroatoms. The molecule has 1 saturated carbocycles. The summed E-state index contributed by atoms with van der Waals surface area (Å²) in [7, 11) is 0. The zero-order valence-corrected chi connectivity index (χ0v) is 11.9. The fourth-order valence-electron chi connectivity index (χ4n) is 3.45. The average molecular weight is 252 g/mol. The predicted molar refractivity (Wildman–Crippen MR) is 74.3 cm³/mol. The van der Waals surface area contributed by atoms with Crippen LogP contribution in [0.25, 0.3) is 0 Å². The molecular weight excluding hydrogens is 224 g/mol. The third-order valence-electron chi connectivity index (χ3n) is 4.71. The number of hydrogen-bond donors (Lipinski definition) is 2. The van der Waals surface area contributed by atoms with Crippen molar-refractivity contribution in [2.75, 3.05) is 13.1 Å². The van der Waals surface area contributed by atoms with Gasteiger partial charge in [0.2, 0.25) is 5.91 Å². The third kappa shape index (κ3) is 3.98. The van der Waals surface area contributed by atoms with Crippen LogP contribution in [-0.2, 0) is 4.79 Å². The van der Waals surface area contributed by atoms with E-state index in [9.17, 15) is 4.79 Å². The highest BCUT2D eigenvalue weighted by molar-refractivity contribution is 5.76. The quantitative estimate of drug-likeness (QED) is 0.806. The summed E-state index contributed by atoms with van der Waals surface area (Å²) in [5.41, 5.74) is 0. The largest absolute Gasteiger partial charge is 0.353 e. The van der Waals surface area contributed by atoms with Crippen LogP contribution in [0.1, 0.15) is 52.4 Å². The Morgan fingerprint density at radius 2 is 2.22 bits per heavy atom. The van der Waals surface area contributed by atoms with Crippen LogP contribution in [0.3, 0.4) is 0 Å². The molecule has 2 fully saturated rings. The molecule has 1 saturated heterocycles. The molecular formula is C15H28N2O. The van der Waals surface area contributed by atoms with Crippen LogP contribution in [0.4, 0.5) is 0 Å². The van der Waals surface area contributed by atoms with E-state index in [0.29, 0.717) is 24.3 Å². The molecule has 1 heterocycles. The first-order valence-electron chi connectivity index (χ1n) is 7.65. The molecule has 4 unspecified atom stereocenters. The average Bonchev–Trinajstić information content (AvgIpc) is 2.75. The van der Waals surface area contributed by atoms with Gasteiger partial charge in [-0.3, -0.25) is 4.79 Å². The molecule has 3 nitrogen and oxygen atoms in total. The van der Waals surface area contributed by atoms with Crippen molar-refractivity contribution in [3.63, 3.8) is 0 Å².